The minimum absolute atomic E-state index is 0.286. The van der Waals surface area contributed by atoms with Crippen LogP contribution in [0.4, 0.5) is 0 Å². The Balaban J connectivity index is 2.23. The number of thioether (sulfide) groups is 1. The normalized spacial score (nSPS) is 12.4. The Bertz CT molecular complexity index is 511. The molecular weight excluding hydrogens is 240 g/mol. The maximum atomic E-state index is 5.90. The van der Waals surface area contributed by atoms with E-state index in [1.165, 1.54) is 21.6 Å². The third-order valence-corrected chi connectivity index (χ3v) is 4.35. The van der Waals surface area contributed by atoms with Crippen LogP contribution < -0.4 is 5.73 Å². The third-order valence-electron chi connectivity index (χ3n) is 2.90. The first-order valence-corrected chi connectivity index (χ1v) is 6.92. The van der Waals surface area contributed by atoms with Crippen molar-refractivity contribution in [1.82, 2.24) is 4.98 Å². The second-order valence-electron chi connectivity index (χ2n) is 4.39. The van der Waals surface area contributed by atoms with E-state index in [2.05, 4.69) is 37.0 Å². The summed E-state index contributed by atoms with van der Waals surface area (Å²) in [5.41, 5.74) is 9.72. The van der Waals surface area contributed by atoms with E-state index in [-0.39, 0.29) is 5.25 Å². The first-order chi connectivity index (χ1) is 8.70. The molecule has 2 N–H and O–H groups in total. The largest absolute Gasteiger partial charge is 0.329 e. The number of aryl methyl sites for hydroxylation is 2. The van der Waals surface area contributed by atoms with Crippen LogP contribution in [0.2, 0.25) is 0 Å². The average molecular weight is 258 g/mol. The summed E-state index contributed by atoms with van der Waals surface area (Å²) in [4.78, 5) is 5.36. The summed E-state index contributed by atoms with van der Waals surface area (Å²) in [5.74, 6) is 0. The van der Waals surface area contributed by atoms with Gasteiger partial charge in [0.15, 0.2) is 0 Å². The van der Waals surface area contributed by atoms with E-state index in [1.54, 1.807) is 0 Å². The van der Waals surface area contributed by atoms with Crippen molar-refractivity contribution in [3.63, 3.8) is 0 Å². The SMILES string of the molecule is Cc1ccc(C)c(SC(CN)c2ccncc2)c1. The van der Waals surface area contributed by atoms with E-state index in [4.69, 9.17) is 5.73 Å². The first kappa shape index (κ1) is 13.1. The highest BCUT2D eigenvalue weighted by atomic mass is 32.2. The quantitative estimate of drug-likeness (QED) is 0.853. The Morgan fingerprint density at radius 1 is 1.17 bits per heavy atom. The van der Waals surface area contributed by atoms with Crippen molar-refractivity contribution < 1.29 is 0 Å². The van der Waals surface area contributed by atoms with Gasteiger partial charge in [-0.25, -0.2) is 0 Å². The van der Waals surface area contributed by atoms with Gasteiger partial charge in [-0.05, 0) is 43.2 Å². The molecule has 1 unspecified atom stereocenters. The van der Waals surface area contributed by atoms with Gasteiger partial charge >= 0.3 is 0 Å². The first-order valence-electron chi connectivity index (χ1n) is 6.04. The topological polar surface area (TPSA) is 38.9 Å². The lowest BCUT2D eigenvalue weighted by Gasteiger charge is -2.16. The van der Waals surface area contributed by atoms with Crippen LogP contribution in [-0.4, -0.2) is 11.5 Å². The van der Waals surface area contributed by atoms with E-state index in [0.717, 1.165) is 0 Å². The molecule has 18 heavy (non-hydrogen) atoms. The average Bonchev–Trinajstić information content (AvgIpc) is 2.41. The Morgan fingerprint density at radius 3 is 2.56 bits per heavy atom. The maximum absolute atomic E-state index is 5.90. The lowest BCUT2D eigenvalue weighted by Crippen LogP contribution is -2.09. The predicted molar refractivity (Wildman–Crippen MR) is 77.8 cm³/mol. The molecule has 1 aromatic carbocycles. The standard InChI is InChI=1S/C15H18N2S/c1-11-3-4-12(2)14(9-11)18-15(10-16)13-5-7-17-8-6-13/h3-9,15H,10,16H2,1-2H3. The van der Waals surface area contributed by atoms with Crippen molar-refractivity contribution in [2.45, 2.75) is 24.0 Å². The van der Waals surface area contributed by atoms with Crippen molar-refractivity contribution >= 4 is 11.8 Å². The van der Waals surface area contributed by atoms with Crippen LogP contribution >= 0.6 is 11.8 Å². The smallest absolute Gasteiger partial charge is 0.0468 e. The molecule has 1 aromatic heterocycles. The van der Waals surface area contributed by atoms with Crippen LogP contribution in [0, 0.1) is 13.8 Å². The fourth-order valence-corrected chi connectivity index (χ4v) is 3.02. The third kappa shape index (κ3) is 3.12. The summed E-state index contributed by atoms with van der Waals surface area (Å²) in [6.07, 6.45) is 3.64. The number of pyridine rings is 1. The van der Waals surface area contributed by atoms with Gasteiger partial charge in [-0.2, -0.15) is 0 Å². The van der Waals surface area contributed by atoms with Crippen molar-refractivity contribution in [2.24, 2.45) is 5.73 Å². The molecule has 0 saturated heterocycles. The Hall–Kier alpha value is -1.32. The minimum atomic E-state index is 0.286. The van der Waals surface area contributed by atoms with Gasteiger partial charge in [-0.3, -0.25) is 4.98 Å². The van der Waals surface area contributed by atoms with E-state index in [1.807, 2.05) is 36.3 Å². The van der Waals surface area contributed by atoms with Crippen LogP contribution in [0.3, 0.4) is 0 Å². The molecule has 3 heteroatoms. The summed E-state index contributed by atoms with van der Waals surface area (Å²) < 4.78 is 0. The molecule has 1 atom stereocenters. The summed E-state index contributed by atoms with van der Waals surface area (Å²) in [6.45, 7) is 4.89. The summed E-state index contributed by atoms with van der Waals surface area (Å²) in [6, 6.07) is 10.6. The Labute approximate surface area is 113 Å². The van der Waals surface area contributed by atoms with E-state index in [9.17, 15) is 0 Å². The van der Waals surface area contributed by atoms with Gasteiger partial charge in [0, 0.05) is 29.1 Å². The fourth-order valence-electron chi connectivity index (χ4n) is 1.82. The molecule has 0 aliphatic heterocycles. The summed E-state index contributed by atoms with van der Waals surface area (Å²) in [7, 11) is 0. The molecule has 2 nitrogen and oxygen atoms in total. The van der Waals surface area contributed by atoms with E-state index < -0.39 is 0 Å². The van der Waals surface area contributed by atoms with Crippen LogP contribution in [0.1, 0.15) is 21.9 Å². The number of hydrogen-bond donors (Lipinski definition) is 1. The van der Waals surface area contributed by atoms with Crippen molar-refractivity contribution in [1.29, 1.82) is 0 Å². The highest BCUT2D eigenvalue weighted by Crippen LogP contribution is 2.36. The fraction of sp³-hybridized carbons (Fsp3) is 0.267. The molecule has 0 radical (unpaired) electrons. The minimum Gasteiger partial charge on any atom is -0.329 e. The van der Waals surface area contributed by atoms with E-state index >= 15 is 0 Å². The number of nitrogens with two attached hydrogens (primary N) is 1. The molecule has 1 heterocycles. The number of hydrogen-bond acceptors (Lipinski definition) is 3. The number of aromatic nitrogens is 1. The Kier molecular flexibility index (Phi) is 4.39. The van der Waals surface area contributed by atoms with Crippen LogP contribution in [-0.2, 0) is 0 Å². The van der Waals surface area contributed by atoms with Crippen LogP contribution in [0.5, 0.6) is 0 Å². The van der Waals surface area contributed by atoms with Crippen molar-refractivity contribution in [2.75, 3.05) is 6.54 Å². The monoisotopic (exact) mass is 258 g/mol. The summed E-state index contributed by atoms with van der Waals surface area (Å²) >= 11 is 1.83. The van der Waals surface area contributed by atoms with Gasteiger partial charge < -0.3 is 5.73 Å². The van der Waals surface area contributed by atoms with Gasteiger partial charge in [-0.15, -0.1) is 11.8 Å². The van der Waals surface area contributed by atoms with Crippen molar-refractivity contribution in [3.05, 3.63) is 59.4 Å². The van der Waals surface area contributed by atoms with Gasteiger partial charge in [0.1, 0.15) is 0 Å². The maximum Gasteiger partial charge on any atom is 0.0468 e. The van der Waals surface area contributed by atoms with Crippen LogP contribution in [0.15, 0.2) is 47.6 Å². The second-order valence-corrected chi connectivity index (χ2v) is 5.64. The lowest BCUT2D eigenvalue weighted by molar-refractivity contribution is 0.935. The molecule has 0 bridgehead atoms. The molecule has 0 saturated carbocycles. The lowest BCUT2D eigenvalue weighted by atomic mass is 10.2. The molecule has 0 aliphatic rings. The Morgan fingerprint density at radius 2 is 1.89 bits per heavy atom. The molecular formula is C15H18N2S. The van der Waals surface area contributed by atoms with Crippen molar-refractivity contribution in [3.8, 4) is 0 Å². The molecule has 2 rings (SSSR count). The number of rotatable bonds is 4. The zero-order chi connectivity index (χ0) is 13.0. The second kappa shape index (κ2) is 6.03. The van der Waals surface area contributed by atoms with Gasteiger partial charge in [0.25, 0.3) is 0 Å². The molecule has 0 amide bonds. The molecule has 0 fully saturated rings. The molecule has 2 aromatic rings. The highest BCUT2D eigenvalue weighted by molar-refractivity contribution is 7.99. The number of benzene rings is 1. The van der Waals surface area contributed by atoms with Gasteiger partial charge in [-0.1, -0.05) is 17.7 Å². The van der Waals surface area contributed by atoms with Crippen LogP contribution in [0.25, 0.3) is 0 Å². The molecule has 0 aliphatic carbocycles. The highest BCUT2D eigenvalue weighted by Gasteiger charge is 2.12. The molecule has 94 valence electrons. The number of nitrogens with zero attached hydrogens (tertiary/aromatic N) is 1. The van der Waals surface area contributed by atoms with E-state index in [0.29, 0.717) is 6.54 Å². The summed E-state index contributed by atoms with van der Waals surface area (Å²) in [5, 5.41) is 0.286. The van der Waals surface area contributed by atoms with Gasteiger partial charge in [0.05, 0.1) is 0 Å². The van der Waals surface area contributed by atoms with Gasteiger partial charge in [0.2, 0.25) is 0 Å². The zero-order valence-electron chi connectivity index (χ0n) is 10.8. The predicted octanol–water partition coefficient (Wildman–Crippen LogP) is 3.49. The zero-order valence-corrected chi connectivity index (χ0v) is 11.6. The molecule has 0 spiro atoms.